The summed E-state index contributed by atoms with van der Waals surface area (Å²) in [4.78, 5) is 12.0. The SMILES string of the molecule is CCC(C)(CCO)NC(=O)Cc1cc(Br)ccc1F. The Hall–Kier alpha value is -0.940. The van der Waals surface area contributed by atoms with Gasteiger partial charge in [-0.25, -0.2) is 4.39 Å². The van der Waals surface area contributed by atoms with E-state index in [1.54, 1.807) is 12.1 Å². The summed E-state index contributed by atoms with van der Waals surface area (Å²) < 4.78 is 14.3. The van der Waals surface area contributed by atoms with Gasteiger partial charge in [0.15, 0.2) is 0 Å². The van der Waals surface area contributed by atoms with E-state index in [1.807, 2.05) is 13.8 Å². The van der Waals surface area contributed by atoms with Crippen LogP contribution in [0.3, 0.4) is 0 Å². The standard InChI is InChI=1S/C14H19BrFNO2/c1-3-14(2,6-7-18)17-13(19)9-10-8-11(15)4-5-12(10)16/h4-5,8,18H,3,6-7,9H2,1-2H3,(H,17,19). The largest absolute Gasteiger partial charge is 0.396 e. The van der Waals surface area contributed by atoms with Crippen LogP contribution in [0.15, 0.2) is 22.7 Å². The first-order chi connectivity index (χ1) is 8.90. The molecule has 0 aliphatic carbocycles. The summed E-state index contributed by atoms with van der Waals surface area (Å²) in [5.41, 5.74) is -0.0942. The molecule has 1 atom stereocenters. The zero-order valence-electron chi connectivity index (χ0n) is 11.2. The predicted molar refractivity (Wildman–Crippen MR) is 76.3 cm³/mol. The van der Waals surface area contributed by atoms with Gasteiger partial charge < -0.3 is 10.4 Å². The van der Waals surface area contributed by atoms with Gasteiger partial charge in [-0.1, -0.05) is 22.9 Å². The van der Waals surface area contributed by atoms with Crippen LogP contribution in [-0.2, 0) is 11.2 Å². The van der Waals surface area contributed by atoms with Crippen molar-refractivity contribution in [1.82, 2.24) is 5.32 Å². The van der Waals surface area contributed by atoms with Crippen molar-refractivity contribution >= 4 is 21.8 Å². The van der Waals surface area contributed by atoms with E-state index >= 15 is 0 Å². The lowest BCUT2D eigenvalue weighted by Gasteiger charge is -2.29. The number of benzene rings is 1. The van der Waals surface area contributed by atoms with Crippen molar-refractivity contribution < 1.29 is 14.3 Å². The fraction of sp³-hybridized carbons (Fsp3) is 0.500. The summed E-state index contributed by atoms with van der Waals surface area (Å²) in [7, 11) is 0. The molecule has 0 radical (unpaired) electrons. The molecule has 0 saturated heterocycles. The van der Waals surface area contributed by atoms with Crippen LogP contribution in [0.1, 0.15) is 32.3 Å². The van der Waals surface area contributed by atoms with Gasteiger partial charge in [-0.2, -0.15) is 0 Å². The van der Waals surface area contributed by atoms with Crippen molar-refractivity contribution in [2.45, 2.75) is 38.6 Å². The minimum absolute atomic E-state index is 0.00765. The normalized spacial score (nSPS) is 13.9. The molecule has 0 heterocycles. The van der Waals surface area contributed by atoms with Crippen LogP contribution in [0.25, 0.3) is 0 Å². The quantitative estimate of drug-likeness (QED) is 0.842. The molecule has 0 fully saturated rings. The lowest BCUT2D eigenvalue weighted by molar-refractivity contribution is -0.122. The van der Waals surface area contributed by atoms with Crippen molar-refractivity contribution in [1.29, 1.82) is 0 Å². The molecule has 2 N–H and O–H groups in total. The first-order valence-electron chi connectivity index (χ1n) is 6.26. The van der Waals surface area contributed by atoms with Gasteiger partial charge in [0.1, 0.15) is 5.82 Å². The maximum atomic E-state index is 13.6. The van der Waals surface area contributed by atoms with E-state index in [4.69, 9.17) is 5.11 Å². The highest BCUT2D eigenvalue weighted by molar-refractivity contribution is 9.10. The average molecular weight is 332 g/mol. The van der Waals surface area contributed by atoms with E-state index in [9.17, 15) is 9.18 Å². The summed E-state index contributed by atoms with van der Waals surface area (Å²) >= 11 is 3.25. The maximum Gasteiger partial charge on any atom is 0.224 e. The van der Waals surface area contributed by atoms with Gasteiger partial charge in [0.2, 0.25) is 5.91 Å². The molecule has 0 aliphatic heterocycles. The van der Waals surface area contributed by atoms with Crippen LogP contribution in [0.5, 0.6) is 0 Å². The summed E-state index contributed by atoms with van der Waals surface area (Å²) in [5.74, 6) is -0.631. The molecular weight excluding hydrogens is 313 g/mol. The molecule has 1 unspecified atom stereocenters. The first-order valence-corrected chi connectivity index (χ1v) is 7.05. The lowest BCUT2D eigenvalue weighted by Crippen LogP contribution is -2.46. The summed E-state index contributed by atoms with van der Waals surface area (Å²) in [6.07, 6.45) is 1.18. The molecule has 1 rings (SSSR count). The van der Waals surface area contributed by atoms with Crippen molar-refractivity contribution in [2.75, 3.05) is 6.61 Å². The van der Waals surface area contributed by atoms with E-state index in [0.29, 0.717) is 18.4 Å². The van der Waals surface area contributed by atoms with E-state index in [1.165, 1.54) is 6.07 Å². The molecule has 1 aromatic carbocycles. The third-order valence-corrected chi connectivity index (χ3v) is 3.74. The smallest absolute Gasteiger partial charge is 0.224 e. The van der Waals surface area contributed by atoms with Crippen molar-refractivity contribution in [3.8, 4) is 0 Å². The van der Waals surface area contributed by atoms with Crippen LogP contribution >= 0.6 is 15.9 Å². The number of hydrogen-bond acceptors (Lipinski definition) is 2. The highest BCUT2D eigenvalue weighted by Crippen LogP contribution is 2.18. The third kappa shape index (κ3) is 4.91. The summed E-state index contributed by atoms with van der Waals surface area (Å²) in [6, 6.07) is 4.53. The molecule has 3 nitrogen and oxygen atoms in total. The number of halogens is 2. The van der Waals surface area contributed by atoms with E-state index in [-0.39, 0.29) is 18.9 Å². The molecule has 1 aromatic rings. The van der Waals surface area contributed by atoms with Gasteiger partial charge in [-0.15, -0.1) is 0 Å². The highest BCUT2D eigenvalue weighted by atomic mass is 79.9. The number of rotatable bonds is 6. The van der Waals surface area contributed by atoms with Gasteiger partial charge >= 0.3 is 0 Å². The van der Waals surface area contributed by atoms with Crippen LogP contribution in [0.4, 0.5) is 4.39 Å². The zero-order valence-corrected chi connectivity index (χ0v) is 12.8. The van der Waals surface area contributed by atoms with Crippen LogP contribution < -0.4 is 5.32 Å². The number of hydrogen-bond donors (Lipinski definition) is 2. The topological polar surface area (TPSA) is 49.3 Å². The monoisotopic (exact) mass is 331 g/mol. The summed E-state index contributed by atoms with van der Waals surface area (Å²) in [5, 5.41) is 11.9. The Bertz CT molecular complexity index is 453. The van der Waals surface area contributed by atoms with E-state index < -0.39 is 11.4 Å². The number of amides is 1. The zero-order chi connectivity index (χ0) is 14.5. The second-order valence-electron chi connectivity index (χ2n) is 4.85. The predicted octanol–water partition coefficient (Wildman–Crippen LogP) is 2.80. The van der Waals surface area contributed by atoms with Crippen LogP contribution in [-0.4, -0.2) is 23.2 Å². The molecule has 106 valence electrons. The fourth-order valence-corrected chi connectivity index (χ4v) is 2.22. The first kappa shape index (κ1) is 16.1. The lowest BCUT2D eigenvalue weighted by atomic mass is 9.94. The Kier molecular flexibility index (Phi) is 5.94. The molecule has 0 aliphatic rings. The van der Waals surface area contributed by atoms with Crippen molar-refractivity contribution in [2.24, 2.45) is 0 Å². The minimum atomic E-state index is -0.450. The Morgan fingerprint density at radius 3 is 2.79 bits per heavy atom. The third-order valence-electron chi connectivity index (χ3n) is 3.24. The van der Waals surface area contributed by atoms with Gasteiger partial charge in [-0.05, 0) is 43.5 Å². The fourth-order valence-electron chi connectivity index (χ4n) is 1.81. The molecule has 0 bridgehead atoms. The Morgan fingerprint density at radius 1 is 1.53 bits per heavy atom. The van der Waals surface area contributed by atoms with Crippen molar-refractivity contribution in [3.05, 3.63) is 34.1 Å². The van der Waals surface area contributed by atoms with Gasteiger partial charge in [0.05, 0.1) is 6.42 Å². The van der Waals surface area contributed by atoms with E-state index in [2.05, 4.69) is 21.2 Å². The Balaban J connectivity index is 2.72. The molecule has 5 heteroatoms. The molecule has 0 saturated carbocycles. The Morgan fingerprint density at radius 2 is 2.21 bits per heavy atom. The van der Waals surface area contributed by atoms with Crippen LogP contribution in [0, 0.1) is 5.82 Å². The Labute approximate surface area is 121 Å². The summed E-state index contributed by atoms with van der Waals surface area (Å²) in [6.45, 7) is 3.82. The molecule has 19 heavy (non-hydrogen) atoms. The number of nitrogens with one attached hydrogen (secondary N) is 1. The molecule has 0 spiro atoms. The molecular formula is C14H19BrFNO2. The van der Waals surface area contributed by atoms with Crippen LogP contribution in [0.2, 0.25) is 0 Å². The highest BCUT2D eigenvalue weighted by Gasteiger charge is 2.23. The average Bonchev–Trinajstić information content (AvgIpc) is 2.34. The van der Waals surface area contributed by atoms with Gasteiger partial charge in [0, 0.05) is 16.6 Å². The number of carbonyl (C=O) groups is 1. The molecule has 1 amide bonds. The minimum Gasteiger partial charge on any atom is -0.396 e. The molecule has 0 aromatic heterocycles. The maximum absolute atomic E-state index is 13.6. The van der Waals surface area contributed by atoms with Gasteiger partial charge in [-0.3, -0.25) is 4.79 Å². The van der Waals surface area contributed by atoms with Crippen molar-refractivity contribution in [3.63, 3.8) is 0 Å². The van der Waals surface area contributed by atoms with Gasteiger partial charge in [0.25, 0.3) is 0 Å². The number of aliphatic hydroxyl groups excluding tert-OH is 1. The second kappa shape index (κ2) is 7.01. The second-order valence-corrected chi connectivity index (χ2v) is 5.76. The number of carbonyl (C=O) groups excluding carboxylic acids is 1. The van der Waals surface area contributed by atoms with E-state index in [0.717, 1.165) is 4.47 Å². The number of aliphatic hydroxyl groups is 1.